The lowest BCUT2D eigenvalue weighted by Crippen LogP contribution is -2.61. The van der Waals surface area contributed by atoms with Gasteiger partial charge in [0.2, 0.25) is 11.8 Å². The number of barbiturate groups is 1. The number of imide groups is 2. The van der Waals surface area contributed by atoms with E-state index in [1.807, 2.05) is 0 Å². The fraction of sp³-hybridized carbons (Fsp3) is 0.727. The summed E-state index contributed by atoms with van der Waals surface area (Å²) in [4.78, 5) is 36.5. The van der Waals surface area contributed by atoms with Crippen molar-refractivity contribution in [3.05, 3.63) is 0 Å². The fourth-order valence-corrected chi connectivity index (χ4v) is 2.08. The summed E-state index contributed by atoms with van der Waals surface area (Å²) < 4.78 is 4.93. The molecule has 0 aromatic carbocycles. The Balaban J connectivity index is 2.13. The Morgan fingerprint density at radius 1 is 1.41 bits per heavy atom. The second-order valence-corrected chi connectivity index (χ2v) is 4.65. The van der Waals surface area contributed by atoms with Crippen LogP contribution in [0, 0.1) is 5.41 Å². The highest BCUT2D eigenvalue weighted by atomic mass is 16.5. The van der Waals surface area contributed by atoms with E-state index < -0.39 is 17.4 Å². The second kappa shape index (κ2) is 4.10. The largest absolute Gasteiger partial charge is 0.385 e. The highest BCUT2D eigenvalue weighted by Gasteiger charge is 2.62. The van der Waals surface area contributed by atoms with Crippen LogP contribution in [0.1, 0.15) is 26.2 Å². The Hall–Kier alpha value is -1.43. The number of methoxy groups -OCH3 is 1. The summed E-state index contributed by atoms with van der Waals surface area (Å²) in [6, 6.07) is -0.867. The van der Waals surface area contributed by atoms with Crippen molar-refractivity contribution in [1.29, 1.82) is 0 Å². The van der Waals surface area contributed by atoms with Crippen molar-refractivity contribution in [2.24, 2.45) is 5.41 Å². The molecule has 1 aliphatic carbocycles. The third kappa shape index (κ3) is 1.82. The van der Waals surface area contributed by atoms with Gasteiger partial charge < -0.3 is 4.74 Å². The van der Waals surface area contributed by atoms with Gasteiger partial charge in [0.1, 0.15) is 5.41 Å². The van der Waals surface area contributed by atoms with Gasteiger partial charge in [-0.05, 0) is 26.2 Å². The molecule has 6 nitrogen and oxygen atoms in total. The molecule has 0 bridgehead atoms. The van der Waals surface area contributed by atoms with Crippen molar-refractivity contribution < 1.29 is 19.1 Å². The minimum absolute atomic E-state index is 0.256. The Morgan fingerprint density at radius 3 is 2.59 bits per heavy atom. The number of ether oxygens (including phenoxy) is 1. The van der Waals surface area contributed by atoms with Gasteiger partial charge in [-0.1, -0.05) is 0 Å². The molecule has 6 heteroatoms. The smallest absolute Gasteiger partial charge is 0.331 e. The minimum Gasteiger partial charge on any atom is -0.385 e. The van der Waals surface area contributed by atoms with E-state index in [9.17, 15) is 14.4 Å². The molecule has 1 saturated heterocycles. The van der Waals surface area contributed by atoms with Crippen LogP contribution in [-0.2, 0) is 14.3 Å². The normalized spacial score (nSPS) is 23.9. The zero-order valence-electron chi connectivity index (χ0n) is 9.99. The second-order valence-electron chi connectivity index (χ2n) is 4.65. The number of hydrogen-bond donors (Lipinski definition) is 1. The minimum atomic E-state index is -0.949. The van der Waals surface area contributed by atoms with Gasteiger partial charge in [-0.3, -0.25) is 19.8 Å². The van der Waals surface area contributed by atoms with Gasteiger partial charge in [0.25, 0.3) is 0 Å². The molecule has 4 amide bonds. The number of carbonyl (C=O) groups excluding carboxylic acids is 3. The SMILES string of the molecule is COCCC(C)N1C(=O)NC(=O)C2(CC2)C1=O. The molecule has 1 aliphatic heterocycles. The number of nitrogens with zero attached hydrogens (tertiary/aromatic N) is 1. The van der Waals surface area contributed by atoms with E-state index in [0.717, 1.165) is 4.90 Å². The maximum absolute atomic E-state index is 12.1. The van der Waals surface area contributed by atoms with Crippen molar-refractivity contribution >= 4 is 17.8 Å². The van der Waals surface area contributed by atoms with Crippen LogP contribution in [0.4, 0.5) is 4.79 Å². The fourth-order valence-electron chi connectivity index (χ4n) is 2.08. The van der Waals surface area contributed by atoms with E-state index in [0.29, 0.717) is 25.9 Å². The number of nitrogens with one attached hydrogen (secondary N) is 1. The highest BCUT2D eigenvalue weighted by molar-refractivity contribution is 6.21. The van der Waals surface area contributed by atoms with Crippen molar-refractivity contribution in [3.63, 3.8) is 0 Å². The first-order chi connectivity index (χ1) is 8.03. The van der Waals surface area contributed by atoms with Crippen molar-refractivity contribution in [2.45, 2.75) is 32.2 Å². The van der Waals surface area contributed by atoms with Crippen LogP contribution < -0.4 is 5.32 Å². The number of rotatable bonds is 4. The molecule has 0 aromatic heterocycles. The quantitative estimate of drug-likeness (QED) is 0.716. The van der Waals surface area contributed by atoms with Gasteiger partial charge in [-0.25, -0.2) is 4.79 Å². The molecule has 1 unspecified atom stereocenters. The van der Waals surface area contributed by atoms with Crippen LogP contribution in [-0.4, -0.2) is 42.5 Å². The van der Waals surface area contributed by atoms with E-state index >= 15 is 0 Å². The lowest BCUT2D eigenvalue weighted by atomic mass is 10.0. The summed E-state index contributed by atoms with van der Waals surface area (Å²) in [7, 11) is 1.57. The predicted molar refractivity (Wildman–Crippen MR) is 58.0 cm³/mol. The average Bonchev–Trinajstić information content (AvgIpc) is 3.05. The maximum atomic E-state index is 12.1. The molecule has 2 rings (SSSR count). The third-order valence-corrected chi connectivity index (χ3v) is 3.43. The van der Waals surface area contributed by atoms with Crippen molar-refractivity contribution in [3.8, 4) is 0 Å². The van der Waals surface area contributed by atoms with Gasteiger partial charge in [0.15, 0.2) is 0 Å². The predicted octanol–water partition coefficient (Wildman–Crippen LogP) is 0.270. The molecule has 2 aliphatic rings. The van der Waals surface area contributed by atoms with Crippen molar-refractivity contribution in [1.82, 2.24) is 10.2 Å². The van der Waals surface area contributed by atoms with E-state index in [4.69, 9.17) is 4.74 Å². The molecule has 1 atom stereocenters. The zero-order chi connectivity index (χ0) is 12.6. The monoisotopic (exact) mass is 240 g/mol. The third-order valence-electron chi connectivity index (χ3n) is 3.43. The van der Waals surface area contributed by atoms with E-state index in [-0.39, 0.29) is 11.9 Å². The number of carbonyl (C=O) groups is 3. The van der Waals surface area contributed by atoms with Crippen molar-refractivity contribution in [2.75, 3.05) is 13.7 Å². The van der Waals surface area contributed by atoms with Crippen LogP contribution in [0.2, 0.25) is 0 Å². The molecular weight excluding hydrogens is 224 g/mol. The lowest BCUT2D eigenvalue weighted by Gasteiger charge is -2.34. The Kier molecular flexibility index (Phi) is 2.91. The zero-order valence-corrected chi connectivity index (χ0v) is 9.99. The average molecular weight is 240 g/mol. The van der Waals surface area contributed by atoms with Gasteiger partial charge in [0.05, 0.1) is 0 Å². The van der Waals surface area contributed by atoms with Gasteiger partial charge >= 0.3 is 6.03 Å². The molecular formula is C11H16N2O4. The van der Waals surface area contributed by atoms with E-state index in [1.165, 1.54) is 0 Å². The summed E-state index contributed by atoms with van der Waals surface area (Å²) >= 11 is 0. The van der Waals surface area contributed by atoms with Gasteiger partial charge in [-0.15, -0.1) is 0 Å². The molecule has 1 saturated carbocycles. The van der Waals surface area contributed by atoms with E-state index in [2.05, 4.69) is 5.32 Å². The first-order valence-corrected chi connectivity index (χ1v) is 5.71. The molecule has 1 spiro atoms. The summed E-state index contributed by atoms with van der Waals surface area (Å²) in [5.41, 5.74) is -0.949. The van der Waals surface area contributed by atoms with Gasteiger partial charge in [-0.2, -0.15) is 0 Å². The Bertz CT molecular complexity index is 376. The number of urea groups is 1. The molecule has 17 heavy (non-hydrogen) atoms. The van der Waals surface area contributed by atoms with Crippen LogP contribution in [0.3, 0.4) is 0 Å². The molecule has 0 aromatic rings. The van der Waals surface area contributed by atoms with Gasteiger partial charge in [0, 0.05) is 19.8 Å². The molecule has 1 heterocycles. The first-order valence-electron chi connectivity index (χ1n) is 5.71. The van der Waals surface area contributed by atoms with Crippen LogP contribution in [0.25, 0.3) is 0 Å². The first kappa shape index (κ1) is 12.0. The molecule has 0 radical (unpaired) electrons. The van der Waals surface area contributed by atoms with E-state index in [1.54, 1.807) is 14.0 Å². The standard InChI is InChI=1S/C11H16N2O4/c1-7(3-6-17-2)13-9(15)11(4-5-11)8(14)12-10(13)16/h7H,3-6H2,1-2H3,(H,12,14,16). The van der Waals surface area contributed by atoms with Crippen LogP contribution in [0.15, 0.2) is 0 Å². The molecule has 1 N–H and O–H groups in total. The Labute approximate surface area is 99.3 Å². The van der Waals surface area contributed by atoms with Crippen LogP contribution in [0.5, 0.6) is 0 Å². The van der Waals surface area contributed by atoms with Crippen LogP contribution >= 0.6 is 0 Å². The number of amides is 4. The molecule has 94 valence electrons. The highest BCUT2D eigenvalue weighted by Crippen LogP contribution is 2.49. The summed E-state index contributed by atoms with van der Waals surface area (Å²) in [5.74, 6) is -0.794. The topological polar surface area (TPSA) is 75.7 Å². The molecule has 2 fully saturated rings. The number of hydrogen-bond acceptors (Lipinski definition) is 4. The summed E-state index contributed by atoms with van der Waals surface area (Å²) in [6.45, 7) is 2.25. The lowest BCUT2D eigenvalue weighted by molar-refractivity contribution is -0.146. The maximum Gasteiger partial charge on any atom is 0.331 e. The summed E-state index contributed by atoms with van der Waals surface area (Å²) in [5, 5.41) is 2.26. The summed E-state index contributed by atoms with van der Waals surface area (Å²) in [6.07, 6.45) is 1.65. The Morgan fingerprint density at radius 2 is 2.06 bits per heavy atom.